The van der Waals surface area contributed by atoms with Crippen molar-refractivity contribution in [2.24, 2.45) is 10.9 Å². The van der Waals surface area contributed by atoms with Crippen LogP contribution in [0.5, 0.6) is 0 Å². The number of para-hydroxylation sites is 1. The Morgan fingerprint density at radius 2 is 2.14 bits per heavy atom. The van der Waals surface area contributed by atoms with Crippen LogP contribution in [0.2, 0.25) is 5.02 Å². The molecule has 0 unspecified atom stereocenters. The quantitative estimate of drug-likeness (QED) is 0.441. The normalized spacial score (nSPS) is 11.2. The van der Waals surface area contributed by atoms with E-state index in [-0.39, 0.29) is 0 Å². The molecule has 0 saturated heterocycles. The van der Waals surface area contributed by atoms with E-state index in [0.717, 1.165) is 16.5 Å². The van der Waals surface area contributed by atoms with Crippen molar-refractivity contribution < 1.29 is 0 Å². The van der Waals surface area contributed by atoms with Crippen LogP contribution in [0, 0.1) is 0 Å². The second kappa shape index (κ2) is 3.64. The Morgan fingerprint density at radius 3 is 2.93 bits per heavy atom. The molecule has 3 nitrogen and oxygen atoms in total. The third kappa shape index (κ3) is 1.42. The zero-order chi connectivity index (χ0) is 9.97. The van der Waals surface area contributed by atoms with Crippen LogP contribution in [0.1, 0.15) is 5.56 Å². The first kappa shape index (κ1) is 8.97. The molecule has 1 aromatic carbocycles. The summed E-state index contributed by atoms with van der Waals surface area (Å²) in [7, 11) is 0. The lowest BCUT2D eigenvalue weighted by atomic mass is 10.2. The molecule has 2 aromatic rings. The Balaban J connectivity index is 2.75. The third-order valence-corrected chi connectivity index (χ3v) is 2.37. The highest BCUT2D eigenvalue weighted by molar-refractivity contribution is 6.37. The Labute approximate surface area is 86.2 Å². The van der Waals surface area contributed by atoms with Gasteiger partial charge in [-0.05, 0) is 6.07 Å². The fourth-order valence-electron chi connectivity index (χ4n) is 1.29. The summed E-state index contributed by atoms with van der Waals surface area (Å²) in [6.07, 6.45) is 3.14. The van der Waals surface area contributed by atoms with Gasteiger partial charge >= 0.3 is 0 Å². The van der Waals surface area contributed by atoms with E-state index >= 15 is 0 Å². The number of hydrazone groups is 1. The predicted molar refractivity (Wildman–Crippen MR) is 58.5 cm³/mol. The average Bonchev–Trinajstić information content (AvgIpc) is 2.23. The highest BCUT2D eigenvalue weighted by Crippen LogP contribution is 2.23. The number of nitrogens with two attached hydrogens (primary N) is 1. The summed E-state index contributed by atoms with van der Waals surface area (Å²) in [4.78, 5) is 4.23. The van der Waals surface area contributed by atoms with E-state index in [0.29, 0.717) is 5.02 Å². The molecule has 70 valence electrons. The summed E-state index contributed by atoms with van der Waals surface area (Å²) in [6, 6.07) is 7.66. The van der Waals surface area contributed by atoms with Crippen molar-refractivity contribution in [3.05, 3.63) is 41.0 Å². The van der Waals surface area contributed by atoms with Gasteiger partial charge in [0.05, 0.1) is 16.8 Å². The summed E-state index contributed by atoms with van der Waals surface area (Å²) in [5, 5.41) is 4.96. The highest BCUT2D eigenvalue weighted by atomic mass is 35.5. The van der Waals surface area contributed by atoms with E-state index < -0.39 is 0 Å². The van der Waals surface area contributed by atoms with E-state index in [9.17, 15) is 0 Å². The molecule has 0 bridgehead atoms. The summed E-state index contributed by atoms with van der Waals surface area (Å²) < 4.78 is 0. The number of hydrogen-bond acceptors (Lipinski definition) is 3. The van der Waals surface area contributed by atoms with Crippen LogP contribution in [-0.4, -0.2) is 11.2 Å². The first-order chi connectivity index (χ1) is 6.83. The fraction of sp³-hybridized carbons (Fsp3) is 0. The van der Waals surface area contributed by atoms with Crippen LogP contribution in [-0.2, 0) is 0 Å². The molecule has 0 aliphatic heterocycles. The Morgan fingerprint density at radius 1 is 1.36 bits per heavy atom. The monoisotopic (exact) mass is 205 g/mol. The number of benzene rings is 1. The molecule has 0 spiro atoms. The second-order valence-electron chi connectivity index (χ2n) is 2.82. The van der Waals surface area contributed by atoms with Crippen LogP contribution >= 0.6 is 11.6 Å². The molecule has 0 aliphatic carbocycles. The zero-order valence-electron chi connectivity index (χ0n) is 7.31. The minimum absolute atomic E-state index is 0.629. The van der Waals surface area contributed by atoms with Crippen molar-refractivity contribution in [3.63, 3.8) is 0 Å². The molecule has 0 fully saturated rings. The lowest BCUT2D eigenvalue weighted by Crippen LogP contribution is -1.90. The number of nitrogens with zero attached hydrogens (tertiary/aromatic N) is 2. The average molecular weight is 206 g/mol. The molecule has 0 aliphatic rings. The number of fused-ring (bicyclic) bond motifs is 1. The number of halogens is 1. The van der Waals surface area contributed by atoms with Crippen molar-refractivity contribution in [1.82, 2.24) is 4.98 Å². The summed E-state index contributed by atoms with van der Waals surface area (Å²) in [5.74, 6) is 5.06. The second-order valence-corrected chi connectivity index (χ2v) is 3.20. The minimum Gasteiger partial charge on any atom is -0.323 e. The maximum Gasteiger partial charge on any atom is 0.0717 e. The Hall–Kier alpha value is -1.61. The Kier molecular flexibility index (Phi) is 2.33. The third-order valence-electron chi connectivity index (χ3n) is 1.95. The Bertz CT molecular complexity index is 494. The van der Waals surface area contributed by atoms with Gasteiger partial charge in [-0.2, -0.15) is 5.10 Å². The van der Waals surface area contributed by atoms with Gasteiger partial charge in [0.2, 0.25) is 0 Å². The molecule has 0 radical (unpaired) electrons. The molecular formula is C10H8ClN3. The number of rotatable bonds is 1. The molecule has 2 rings (SSSR count). The summed E-state index contributed by atoms with van der Waals surface area (Å²) in [5.41, 5.74) is 1.60. The molecule has 14 heavy (non-hydrogen) atoms. The first-order valence-electron chi connectivity index (χ1n) is 4.09. The van der Waals surface area contributed by atoms with Gasteiger partial charge < -0.3 is 5.84 Å². The lowest BCUT2D eigenvalue weighted by Gasteiger charge is -2.01. The molecule has 4 heteroatoms. The van der Waals surface area contributed by atoms with E-state index in [1.807, 2.05) is 24.3 Å². The van der Waals surface area contributed by atoms with Crippen molar-refractivity contribution in [3.8, 4) is 0 Å². The van der Waals surface area contributed by atoms with Gasteiger partial charge in [-0.3, -0.25) is 4.98 Å². The van der Waals surface area contributed by atoms with E-state index in [2.05, 4.69) is 10.1 Å². The van der Waals surface area contributed by atoms with E-state index in [1.165, 1.54) is 6.21 Å². The van der Waals surface area contributed by atoms with Gasteiger partial charge in [0.25, 0.3) is 0 Å². The highest BCUT2D eigenvalue weighted by Gasteiger charge is 2.03. The number of hydrogen-bond donors (Lipinski definition) is 1. The maximum absolute atomic E-state index is 6.13. The fourth-order valence-corrected chi connectivity index (χ4v) is 1.55. The summed E-state index contributed by atoms with van der Waals surface area (Å²) >= 11 is 6.13. The van der Waals surface area contributed by atoms with Gasteiger partial charge in [0.15, 0.2) is 0 Å². The summed E-state index contributed by atoms with van der Waals surface area (Å²) in [6.45, 7) is 0. The van der Waals surface area contributed by atoms with E-state index in [1.54, 1.807) is 6.20 Å². The smallest absolute Gasteiger partial charge is 0.0717 e. The molecule has 1 aromatic heterocycles. The SMILES string of the molecule is NN=Cc1cnc2ccccc2c1Cl. The minimum atomic E-state index is 0.629. The number of pyridine rings is 1. The largest absolute Gasteiger partial charge is 0.323 e. The van der Waals surface area contributed by atoms with Crippen LogP contribution in [0.4, 0.5) is 0 Å². The van der Waals surface area contributed by atoms with Gasteiger partial charge in [-0.25, -0.2) is 0 Å². The van der Waals surface area contributed by atoms with Gasteiger partial charge in [0, 0.05) is 17.1 Å². The van der Waals surface area contributed by atoms with E-state index in [4.69, 9.17) is 17.4 Å². The first-order valence-corrected chi connectivity index (χ1v) is 4.47. The molecular weight excluding hydrogens is 198 g/mol. The van der Waals surface area contributed by atoms with Crippen LogP contribution in [0.25, 0.3) is 10.9 Å². The van der Waals surface area contributed by atoms with Crippen LogP contribution < -0.4 is 5.84 Å². The molecule has 2 N–H and O–H groups in total. The number of aromatic nitrogens is 1. The van der Waals surface area contributed by atoms with Crippen molar-refractivity contribution in [1.29, 1.82) is 0 Å². The lowest BCUT2D eigenvalue weighted by molar-refractivity contribution is 1.26. The van der Waals surface area contributed by atoms with Gasteiger partial charge in [0.1, 0.15) is 0 Å². The predicted octanol–water partition coefficient (Wildman–Crippen LogP) is 2.18. The molecule has 0 amide bonds. The van der Waals surface area contributed by atoms with Crippen molar-refractivity contribution in [2.75, 3.05) is 0 Å². The maximum atomic E-state index is 6.13. The van der Waals surface area contributed by atoms with Crippen molar-refractivity contribution >= 4 is 28.7 Å². The molecule has 0 atom stereocenters. The van der Waals surface area contributed by atoms with Crippen LogP contribution in [0.15, 0.2) is 35.6 Å². The van der Waals surface area contributed by atoms with Gasteiger partial charge in [-0.1, -0.05) is 29.8 Å². The van der Waals surface area contributed by atoms with Gasteiger partial charge in [-0.15, -0.1) is 0 Å². The van der Waals surface area contributed by atoms with Crippen molar-refractivity contribution in [2.45, 2.75) is 0 Å². The standard InChI is InChI=1S/C10H8ClN3/c11-10-7(6-14-12)5-13-9-4-2-1-3-8(9)10/h1-6H,12H2. The van der Waals surface area contributed by atoms with Crippen LogP contribution in [0.3, 0.4) is 0 Å². The zero-order valence-corrected chi connectivity index (χ0v) is 8.07. The molecule has 1 heterocycles. The molecule has 0 saturated carbocycles. The topological polar surface area (TPSA) is 51.3 Å².